The average Bonchev–Trinajstić information content (AvgIpc) is 2.76. The molecule has 3 aliphatic rings. The summed E-state index contributed by atoms with van der Waals surface area (Å²) in [4.78, 5) is 5.06. The van der Waals surface area contributed by atoms with Gasteiger partial charge in [0.15, 0.2) is 0 Å². The maximum absolute atomic E-state index is 12.8. The van der Waals surface area contributed by atoms with E-state index in [2.05, 4.69) is 28.0 Å². The van der Waals surface area contributed by atoms with Gasteiger partial charge in [-0.3, -0.25) is 9.80 Å². The zero-order valence-electron chi connectivity index (χ0n) is 17.7. The van der Waals surface area contributed by atoms with Gasteiger partial charge in [-0.1, -0.05) is 49.6 Å². The fourth-order valence-electron chi connectivity index (χ4n) is 5.34. The summed E-state index contributed by atoms with van der Waals surface area (Å²) < 4.78 is 38.3. The molecule has 0 radical (unpaired) electrons. The molecule has 1 aromatic rings. The van der Waals surface area contributed by atoms with Gasteiger partial charge in [-0.2, -0.15) is 13.2 Å². The molecule has 0 bridgehead atoms. The van der Waals surface area contributed by atoms with Crippen LogP contribution >= 0.6 is 0 Å². The van der Waals surface area contributed by atoms with E-state index >= 15 is 0 Å². The van der Waals surface area contributed by atoms with Crippen molar-refractivity contribution in [2.24, 2.45) is 5.92 Å². The van der Waals surface area contributed by atoms with Gasteiger partial charge in [-0.15, -0.1) is 0 Å². The molecule has 1 saturated carbocycles. The lowest BCUT2D eigenvalue weighted by molar-refractivity contribution is -0.137. The highest BCUT2D eigenvalue weighted by Gasteiger charge is 2.33. The summed E-state index contributed by atoms with van der Waals surface area (Å²) >= 11 is 0. The van der Waals surface area contributed by atoms with Gasteiger partial charge in [0.25, 0.3) is 0 Å². The van der Waals surface area contributed by atoms with Crippen molar-refractivity contribution in [2.45, 2.75) is 63.7 Å². The van der Waals surface area contributed by atoms with Crippen LogP contribution in [-0.2, 0) is 12.7 Å². The Hall–Kier alpha value is -1.59. The maximum atomic E-state index is 12.8. The average molecular weight is 419 g/mol. The highest BCUT2D eigenvalue weighted by molar-refractivity contribution is 5.29. The minimum absolute atomic E-state index is 0.537. The van der Waals surface area contributed by atoms with Gasteiger partial charge in [0.2, 0.25) is 0 Å². The second-order valence-electron chi connectivity index (χ2n) is 9.03. The van der Waals surface area contributed by atoms with Crippen molar-refractivity contribution in [3.8, 4) is 0 Å². The van der Waals surface area contributed by atoms with Gasteiger partial charge in [-0.25, -0.2) is 0 Å². The summed E-state index contributed by atoms with van der Waals surface area (Å²) in [5.41, 5.74) is 1.91. The van der Waals surface area contributed by atoms with Crippen LogP contribution in [-0.4, -0.2) is 42.0 Å². The van der Waals surface area contributed by atoms with Gasteiger partial charge >= 0.3 is 6.18 Å². The van der Waals surface area contributed by atoms with Crippen molar-refractivity contribution < 1.29 is 13.2 Å². The lowest BCUT2D eigenvalue weighted by Gasteiger charge is -2.44. The highest BCUT2D eigenvalue weighted by Crippen LogP contribution is 2.35. The molecule has 0 aromatic heterocycles. The SMILES string of the molecule is FC(F)(F)c1ccc(CN2CCN(C(C3=CCCC=C3)C3CCCCC3)CC2)cc1. The first kappa shape index (κ1) is 21.6. The van der Waals surface area contributed by atoms with E-state index in [1.165, 1.54) is 49.8 Å². The molecule has 1 heterocycles. The number of allylic oxidation sites excluding steroid dienone is 2. The molecule has 5 heteroatoms. The van der Waals surface area contributed by atoms with Crippen LogP contribution in [0.3, 0.4) is 0 Å². The first-order valence-electron chi connectivity index (χ1n) is 11.5. The smallest absolute Gasteiger partial charge is 0.297 e. The van der Waals surface area contributed by atoms with Crippen LogP contribution < -0.4 is 0 Å². The van der Waals surface area contributed by atoms with Crippen LogP contribution in [0.2, 0.25) is 0 Å². The molecule has 0 spiro atoms. The molecule has 1 aliphatic heterocycles. The molecule has 1 atom stereocenters. The molecule has 1 saturated heterocycles. The third kappa shape index (κ3) is 5.36. The van der Waals surface area contributed by atoms with Gasteiger partial charge in [0.1, 0.15) is 0 Å². The van der Waals surface area contributed by atoms with Crippen LogP contribution in [0.1, 0.15) is 56.1 Å². The standard InChI is InChI=1S/C25H33F3N2/c26-25(27,28)23-13-11-20(12-14-23)19-29-15-17-30(18-16-29)24(21-7-3-1-4-8-21)22-9-5-2-6-10-22/h3,7-8,11-14,22,24H,1-2,4-6,9-10,15-19H2. The number of hydrogen-bond acceptors (Lipinski definition) is 2. The predicted octanol–water partition coefficient (Wildman–Crippen LogP) is 6.05. The van der Waals surface area contributed by atoms with Gasteiger partial charge < -0.3 is 0 Å². The number of nitrogens with zero attached hydrogens (tertiary/aromatic N) is 2. The van der Waals surface area contributed by atoms with E-state index in [-0.39, 0.29) is 0 Å². The molecule has 1 unspecified atom stereocenters. The number of alkyl halides is 3. The Labute approximate surface area is 178 Å². The summed E-state index contributed by atoms with van der Waals surface area (Å²) in [5, 5.41) is 0. The van der Waals surface area contributed by atoms with E-state index in [1.807, 2.05) is 0 Å². The molecule has 1 aromatic carbocycles. The fourth-order valence-corrected chi connectivity index (χ4v) is 5.34. The fraction of sp³-hybridized carbons (Fsp3) is 0.600. The predicted molar refractivity (Wildman–Crippen MR) is 115 cm³/mol. The third-order valence-electron chi connectivity index (χ3n) is 6.95. The van der Waals surface area contributed by atoms with Crippen LogP contribution in [0.15, 0.2) is 48.1 Å². The zero-order valence-corrected chi connectivity index (χ0v) is 17.7. The van der Waals surface area contributed by atoms with Crippen molar-refractivity contribution >= 4 is 0 Å². The molecule has 2 fully saturated rings. The van der Waals surface area contributed by atoms with Crippen molar-refractivity contribution in [3.05, 3.63) is 59.2 Å². The van der Waals surface area contributed by atoms with E-state index in [1.54, 1.807) is 12.1 Å². The second kappa shape index (κ2) is 9.69. The number of hydrogen-bond donors (Lipinski definition) is 0. The van der Waals surface area contributed by atoms with Gasteiger partial charge in [-0.05, 0) is 54.9 Å². The minimum Gasteiger partial charge on any atom is -0.297 e. The summed E-state index contributed by atoms with van der Waals surface area (Å²) in [6, 6.07) is 6.18. The lowest BCUT2D eigenvalue weighted by atomic mass is 9.79. The van der Waals surface area contributed by atoms with Crippen molar-refractivity contribution in [2.75, 3.05) is 26.2 Å². The largest absolute Gasteiger partial charge is 0.416 e. The van der Waals surface area contributed by atoms with E-state index in [4.69, 9.17) is 0 Å². The molecular formula is C25H33F3N2. The van der Waals surface area contributed by atoms with Crippen molar-refractivity contribution in [3.63, 3.8) is 0 Å². The Morgan fingerprint density at radius 2 is 1.60 bits per heavy atom. The van der Waals surface area contributed by atoms with Crippen LogP contribution in [0, 0.1) is 5.92 Å². The molecule has 30 heavy (non-hydrogen) atoms. The van der Waals surface area contributed by atoms with E-state index in [0.29, 0.717) is 6.04 Å². The molecule has 4 rings (SSSR count). The van der Waals surface area contributed by atoms with Crippen molar-refractivity contribution in [1.82, 2.24) is 9.80 Å². The summed E-state index contributed by atoms with van der Waals surface area (Å²) in [6.45, 7) is 4.74. The van der Waals surface area contributed by atoms with Crippen molar-refractivity contribution in [1.29, 1.82) is 0 Å². The van der Waals surface area contributed by atoms with E-state index in [9.17, 15) is 13.2 Å². The molecule has 0 N–H and O–H groups in total. The summed E-state index contributed by atoms with van der Waals surface area (Å²) in [6.07, 6.45) is 11.9. The van der Waals surface area contributed by atoms with E-state index < -0.39 is 11.7 Å². The normalized spacial score (nSPS) is 23.4. The number of halogens is 3. The van der Waals surface area contributed by atoms with Gasteiger partial charge in [0, 0.05) is 38.8 Å². The molecule has 2 aliphatic carbocycles. The Morgan fingerprint density at radius 3 is 2.20 bits per heavy atom. The quantitative estimate of drug-likeness (QED) is 0.574. The Balaban J connectivity index is 1.37. The van der Waals surface area contributed by atoms with Gasteiger partial charge in [0.05, 0.1) is 5.56 Å². The maximum Gasteiger partial charge on any atom is 0.416 e. The Kier molecular flexibility index (Phi) is 6.99. The molecule has 164 valence electrons. The summed E-state index contributed by atoms with van der Waals surface area (Å²) in [5.74, 6) is 0.759. The first-order valence-corrected chi connectivity index (χ1v) is 11.5. The topological polar surface area (TPSA) is 6.48 Å². The number of piperazine rings is 1. The molecule has 2 nitrogen and oxygen atoms in total. The van der Waals surface area contributed by atoms with Crippen LogP contribution in [0.5, 0.6) is 0 Å². The highest BCUT2D eigenvalue weighted by atomic mass is 19.4. The third-order valence-corrected chi connectivity index (χ3v) is 6.95. The number of rotatable bonds is 5. The molecular weight excluding hydrogens is 385 g/mol. The minimum atomic E-state index is -4.26. The lowest BCUT2D eigenvalue weighted by Crippen LogP contribution is -2.52. The number of benzene rings is 1. The van der Waals surface area contributed by atoms with E-state index in [0.717, 1.165) is 57.0 Å². The van der Waals surface area contributed by atoms with Crippen LogP contribution in [0.25, 0.3) is 0 Å². The first-order chi connectivity index (χ1) is 14.5. The van der Waals surface area contributed by atoms with Crippen LogP contribution in [0.4, 0.5) is 13.2 Å². The zero-order chi connectivity index (χ0) is 21.0. The Morgan fingerprint density at radius 1 is 0.900 bits per heavy atom. The Bertz CT molecular complexity index is 737. The monoisotopic (exact) mass is 418 g/mol. The summed E-state index contributed by atoms with van der Waals surface area (Å²) in [7, 11) is 0. The second-order valence-corrected chi connectivity index (χ2v) is 9.03. The molecule has 0 amide bonds.